The number of carbonyl (C=O) groups is 4. The lowest BCUT2D eigenvalue weighted by molar-refractivity contribution is -0.119. The van der Waals surface area contributed by atoms with Crippen molar-refractivity contribution < 1.29 is 19.2 Å². The van der Waals surface area contributed by atoms with Crippen molar-refractivity contribution in [2.24, 2.45) is 35.1 Å². The van der Waals surface area contributed by atoms with Crippen molar-refractivity contribution in [3.8, 4) is 0 Å². The summed E-state index contributed by atoms with van der Waals surface area (Å²) in [5.41, 5.74) is 13.9. The van der Waals surface area contributed by atoms with E-state index in [2.05, 4.69) is 21.3 Å². The van der Waals surface area contributed by atoms with Crippen LogP contribution < -0.4 is 32.7 Å². The summed E-state index contributed by atoms with van der Waals surface area (Å²) in [5, 5.41) is 11.4. The second-order valence-corrected chi connectivity index (χ2v) is 12.4. The Bertz CT molecular complexity index is 1190. The summed E-state index contributed by atoms with van der Waals surface area (Å²) in [6, 6.07) is 2.03. The monoisotopic (exact) mass is 582 g/mol. The smallest absolute Gasteiger partial charge is 0.268 e. The van der Waals surface area contributed by atoms with Gasteiger partial charge in [0.15, 0.2) is 0 Å². The van der Waals surface area contributed by atoms with Crippen molar-refractivity contribution in [2.75, 3.05) is 23.7 Å². The van der Waals surface area contributed by atoms with E-state index in [1.165, 1.54) is 0 Å². The van der Waals surface area contributed by atoms with Gasteiger partial charge in [-0.05, 0) is 61.5 Å². The van der Waals surface area contributed by atoms with Crippen LogP contribution in [0.25, 0.3) is 0 Å². The fourth-order valence-corrected chi connectivity index (χ4v) is 4.59. The number of aromatic nitrogens is 2. The first kappa shape index (κ1) is 31.3. The molecule has 12 heteroatoms. The molecule has 0 saturated heterocycles. The molecule has 2 saturated carbocycles. The van der Waals surface area contributed by atoms with E-state index in [9.17, 15) is 19.2 Å². The van der Waals surface area contributed by atoms with Gasteiger partial charge in [0.2, 0.25) is 11.8 Å². The minimum atomic E-state index is -0.645. The Labute approximate surface area is 247 Å². The Balaban J connectivity index is 1.33. The fraction of sp³-hybridized carbons (Fsp3) is 0.600. The number of anilines is 2. The van der Waals surface area contributed by atoms with Crippen LogP contribution in [-0.2, 0) is 22.7 Å². The maximum atomic E-state index is 13.1. The summed E-state index contributed by atoms with van der Waals surface area (Å²) in [6.45, 7) is 9.35. The zero-order valence-corrected chi connectivity index (χ0v) is 25.1. The lowest BCUT2D eigenvalue weighted by Crippen LogP contribution is -2.39. The van der Waals surface area contributed by atoms with Gasteiger partial charge in [0, 0.05) is 38.6 Å². The first-order chi connectivity index (χ1) is 19.9. The van der Waals surface area contributed by atoms with E-state index in [1.54, 1.807) is 24.5 Å². The number of amides is 4. The van der Waals surface area contributed by atoms with E-state index in [4.69, 9.17) is 11.5 Å². The van der Waals surface area contributed by atoms with Crippen LogP contribution in [0.5, 0.6) is 0 Å². The van der Waals surface area contributed by atoms with E-state index in [-0.39, 0.29) is 48.6 Å². The third-order valence-electron chi connectivity index (χ3n) is 7.84. The number of hydrogen-bond donors (Lipinski definition) is 6. The van der Waals surface area contributed by atoms with Crippen LogP contribution in [0.3, 0.4) is 0 Å². The molecule has 8 N–H and O–H groups in total. The minimum Gasteiger partial charge on any atom is -0.349 e. The molecule has 2 atom stereocenters. The predicted molar refractivity (Wildman–Crippen MR) is 162 cm³/mol. The highest BCUT2D eigenvalue weighted by molar-refractivity contribution is 5.99. The van der Waals surface area contributed by atoms with Crippen molar-refractivity contribution >= 4 is 35.0 Å². The van der Waals surface area contributed by atoms with Crippen LogP contribution in [0.1, 0.15) is 74.4 Å². The van der Waals surface area contributed by atoms with Gasteiger partial charge in [-0.15, -0.1) is 0 Å². The van der Waals surface area contributed by atoms with E-state index in [0.29, 0.717) is 47.7 Å². The zero-order chi connectivity index (χ0) is 30.6. The molecule has 0 radical (unpaired) electrons. The van der Waals surface area contributed by atoms with Crippen molar-refractivity contribution in [3.63, 3.8) is 0 Å². The Morgan fingerprint density at radius 3 is 1.38 bits per heavy atom. The summed E-state index contributed by atoms with van der Waals surface area (Å²) in [7, 11) is 0. The lowest BCUT2D eigenvalue weighted by atomic mass is 10.1. The highest BCUT2D eigenvalue weighted by Gasteiger charge is 2.27. The molecule has 4 rings (SSSR count). The average Bonchev–Trinajstić information content (AvgIpc) is 3.85. The van der Waals surface area contributed by atoms with Gasteiger partial charge in [0.1, 0.15) is 11.4 Å². The number of nitrogens with zero attached hydrogens (tertiary/aromatic N) is 2. The van der Waals surface area contributed by atoms with Crippen molar-refractivity contribution in [3.05, 3.63) is 35.9 Å². The summed E-state index contributed by atoms with van der Waals surface area (Å²) in [4.78, 5) is 51.1. The summed E-state index contributed by atoms with van der Waals surface area (Å²) >= 11 is 0. The number of carbonyl (C=O) groups excluding carboxylic acids is 4. The van der Waals surface area contributed by atoms with Gasteiger partial charge in [-0.25, -0.2) is 0 Å². The molecule has 2 heterocycles. The van der Waals surface area contributed by atoms with Gasteiger partial charge in [-0.2, -0.15) is 0 Å². The first-order valence-electron chi connectivity index (χ1n) is 15.0. The maximum Gasteiger partial charge on any atom is 0.268 e. The van der Waals surface area contributed by atoms with E-state index in [0.717, 1.165) is 25.7 Å². The molecule has 2 aliphatic carbocycles. The van der Waals surface area contributed by atoms with E-state index < -0.39 is 12.1 Å². The molecule has 230 valence electrons. The number of nitrogens with one attached hydrogen (secondary N) is 4. The van der Waals surface area contributed by atoms with Gasteiger partial charge in [0.05, 0.1) is 23.5 Å². The third-order valence-corrected chi connectivity index (χ3v) is 7.84. The molecule has 2 unspecified atom stereocenters. The van der Waals surface area contributed by atoms with Gasteiger partial charge in [-0.3, -0.25) is 19.2 Å². The largest absolute Gasteiger partial charge is 0.349 e. The molecule has 2 aromatic rings. The number of nitrogens with two attached hydrogens (primary N) is 2. The Kier molecular flexibility index (Phi) is 10.1. The highest BCUT2D eigenvalue weighted by atomic mass is 16.2. The van der Waals surface area contributed by atoms with Crippen molar-refractivity contribution in [2.45, 2.75) is 78.6 Å². The number of rotatable bonds is 15. The van der Waals surface area contributed by atoms with Crippen LogP contribution in [0, 0.1) is 23.7 Å². The molecule has 2 aliphatic rings. The summed E-state index contributed by atoms with van der Waals surface area (Å²) in [6.07, 6.45) is 8.01. The Hall–Kier alpha value is -3.64. The molecule has 0 aliphatic heterocycles. The Morgan fingerprint density at radius 2 is 1.07 bits per heavy atom. The second-order valence-electron chi connectivity index (χ2n) is 12.4. The quantitative estimate of drug-likeness (QED) is 0.175. The molecular formula is C30H46N8O4. The van der Waals surface area contributed by atoms with Crippen molar-refractivity contribution in [1.82, 2.24) is 19.8 Å². The van der Waals surface area contributed by atoms with E-state index >= 15 is 0 Å². The molecule has 0 aromatic carbocycles. The molecular weight excluding hydrogens is 536 g/mol. The fourth-order valence-electron chi connectivity index (χ4n) is 4.59. The topological polar surface area (TPSA) is 178 Å². The van der Waals surface area contributed by atoms with Gasteiger partial charge >= 0.3 is 0 Å². The lowest BCUT2D eigenvalue weighted by Gasteiger charge is -2.14. The molecule has 2 fully saturated rings. The molecule has 0 spiro atoms. The zero-order valence-electron chi connectivity index (χ0n) is 25.1. The standard InChI is InChI=1S/C30H46N8O4/c1-17(2)25(31)29(41)35-21-11-23(37(15-21)13-19-5-6-19)27(39)33-9-10-34-28(40)24-12-22(16-38(24)14-20-7-8-20)36-30(42)26(32)18(3)4/h11-12,15-20,25-26H,5-10,13-14,31-32H2,1-4H3,(H,33,39)(H,34,40)(H,35,41)(H,36,42). The second kappa shape index (κ2) is 13.6. The van der Waals surface area contributed by atoms with Crippen molar-refractivity contribution in [1.29, 1.82) is 0 Å². The summed E-state index contributed by atoms with van der Waals surface area (Å²) in [5.74, 6) is -0.146. The van der Waals surface area contributed by atoms with Gasteiger partial charge in [-0.1, -0.05) is 27.7 Å². The van der Waals surface area contributed by atoms with Gasteiger partial charge < -0.3 is 41.9 Å². The molecule has 0 bridgehead atoms. The minimum absolute atomic E-state index is 0.0124. The molecule has 42 heavy (non-hydrogen) atoms. The normalized spacial score (nSPS) is 16.3. The van der Waals surface area contributed by atoms with E-state index in [1.807, 2.05) is 36.8 Å². The maximum absolute atomic E-state index is 13.1. The number of hydrogen-bond acceptors (Lipinski definition) is 6. The summed E-state index contributed by atoms with van der Waals surface area (Å²) < 4.78 is 3.74. The highest BCUT2D eigenvalue weighted by Crippen LogP contribution is 2.33. The average molecular weight is 583 g/mol. The molecule has 2 aromatic heterocycles. The molecule has 12 nitrogen and oxygen atoms in total. The molecule has 4 amide bonds. The van der Waals surface area contributed by atoms with Crippen LogP contribution in [0.4, 0.5) is 11.4 Å². The van der Waals surface area contributed by atoms with Crippen LogP contribution in [0.2, 0.25) is 0 Å². The predicted octanol–water partition coefficient (Wildman–Crippen LogP) is 2.11. The Morgan fingerprint density at radius 1 is 0.714 bits per heavy atom. The van der Waals surface area contributed by atoms with Crippen LogP contribution in [0.15, 0.2) is 24.5 Å². The first-order valence-corrected chi connectivity index (χ1v) is 15.0. The van der Waals surface area contributed by atoms with Crippen LogP contribution in [-0.4, -0.2) is 57.9 Å². The SMILES string of the molecule is CC(C)C(N)C(=O)Nc1cc(C(=O)NCCNC(=O)c2cc(NC(=O)C(N)C(C)C)cn2CC2CC2)n(CC2CC2)c1. The third kappa shape index (κ3) is 8.45. The van der Waals surface area contributed by atoms with Gasteiger partial charge in [0.25, 0.3) is 11.8 Å². The van der Waals surface area contributed by atoms with Crippen LogP contribution >= 0.6 is 0 Å².